The number of hydrogen-bond donors (Lipinski definition) is 1. The molecule has 2 rings (SSSR count). The second kappa shape index (κ2) is 8.99. The maximum absolute atomic E-state index is 12.4. The van der Waals surface area contributed by atoms with Gasteiger partial charge in [-0.15, -0.1) is 0 Å². The summed E-state index contributed by atoms with van der Waals surface area (Å²) in [5.74, 6) is 0.848. The van der Waals surface area contributed by atoms with Gasteiger partial charge in [-0.1, -0.05) is 50.1 Å². The van der Waals surface area contributed by atoms with Gasteiger partial charge in [0.1, 0.15) is 5.75 Å². The Balaban J connectivity index is 2.05. The van der Waals surface area contributed by atoms with Crippen LogP contribution in [0.5, 0.6) is 5.75 Å². The minimum absolute atomic E-state index is 0.00500. The molecule has 0 saturated heterocycles. The van der Waals surface area contributed by atoms with Crippen molar-refractivity contribution >= 4 is 5.91 Å². The number of rotatable bonds is 8. The Kier molecular flexibility index (Phi) is 6.67. The highest BCUT2D eigenvalue weighted by Crippen LogP contribution is 2.16. The molecule has 2 aromatic rings. The summed E-state index contributed by atoms with van der Waals surface area (Å²) in [6.07, 6.45) is 4.02. The maximum atomic E-state index is 12.4. The van der Waals surface area contributed by atoms with Crippen LogP contribution in [-0.2, 0) is 6.42 Å². The summed E-state index contributed by atoms with van der Waals surface area (Å²) in [5.41, 5.74) is 1.89. The van der Waals surface area contributed by atoms with Crippen molar-refractivity contribution in [2.24, 2.45) is 0 Å². The van der Waals surface area contributed by atoms with Crippen molar-refractivity contribution in [3.8, 4) is 5.75 Å². The predicted molar refractivity (Wildman–Crippen MR) is 93.9 cm³/mol. The van der Waals surface area contributed by atoms with Crippen LogP contribution in [0.2, 0.25) is 0 Å². The summed E-state index contributed by atoms with van der Waals surface area (Å²) < 4.78 is 5.28. The van der Waals surface area contributed by atoms with E-state index in [4.69, 9.17) is 4.74 Å². The molecule has 122 valence electrons. The lowest BCUT2D eigenvalue weighted by atomic mass is 10.00. The van der Waals surface area contributed by atoms with E-state index in [2.05, 4.69) is 18.3 Å². The average molecular weight is 311 g/mol. The van der Waals surface area contributed by atoms with Crippen LogP contribution in [0.1, 0.15) is 42.1 Å². The summed E-state index contributed by atoms with van der Waals surface area (Å²) in [5, 5.41) is 3.17. The highest BCUT2D eigenvalue weighted by atomic mass is 16.5. The van der Waals surface area contributed by atoms with Crippen molar-refractivity contribution in [1.29, 1.82) is 0 Å². The molecular formula is C20H25NO2. The Morgan fingerprint density at radius 1 is 1.13 bits per heavy atom. The van der Waals surface area contributed by atoms with Crippen molar-refractivity contribution in [3.05, 3.63) is 65.7 Å². The van der Waals surface area contributed by atoms with Gasteiger partial charge in [0.25, 0.3) is 5.91 Å². The van der Waals surface area contributed by atoms with Crippen molar-refractivity contribution in [2.75, 3.05) is 7.11 Å². The third kappa shape index (κ3) is 5.44. The number of methoxy groups -OCH3 is 1. The van der Waals surface area contributed by atoms with Crippen LogP contribution in [-0.4, -0.2) is 19.1 Å². The fraction of sp³-hybridized carbons (Fsp3) is 0.350. The van der Waals surface area contributed by atoms with Crippen molar-refractivity contribution in [3.63, 3.8) is 0 Å². The summed E-state index contributed by atoms with van der Waals surface area (Å²) in [7, 11) is 1.67. The van der Waals surface area contributed by atoms with Gasteiger partial charge in [0, 0.05) is 11.6 Å². The molecule has 0 heterocycles. The first-order chi connectivity index (χ1) is 11.2. The van der Waals surface area contributed by atoms with Gasteiger partial charge < -0.3 is 10.1 Å². The number of amides is 1. The molecular weight excluding hydrogens is 286 g/mol. The van der Waals surface area contributed by atoms with Gasteiger partial charge in [0.2, 0.25) is 0 Å². The highest BCUT2D eigenvalue weighted by molar-refractivity contribution is 5.94. The predicted octanol–water partition coefficient (Wildman–Crippen LogP) is 4.23. The molecule has 0 bridgehead atoms. The number of nitrogens with one attached hydrogen (secondary N) is 1. The molecule has 0 saturated carbocycles. The van der Waals surface area contributed by atoms with E-state index in [1.165, 1.54) is 5.56 Å². The summed E-state index contributed by atoms with van der Waals surface area (Å²) in [4.78, 5) is 12.4. The van der Waals surface area contributed by atoms with Crippen molar-refractivity contribution in [2.45, 2.75) is 38.6 Å². The highest BCUT2D eigenvalue weighted by Gasteiger charge is 2.14. The molecule has 0 unspecified atom stereocenters. The molecule has 3 nitrogen and oxygen atoms in total. The zero-order valence-corrected chi connectivity index (χ0v) is 13.9. The molecule has 0 aliphatic carbocycles. The van der Waals surface area contributed by atoms with E-state index in [1.54, 1.807) is 7.11 Å². The fourth-order valence-corrected chi connectivity index (χ4v) is 2.62. The second-order valence-electron chi connectivity index (χ2n) is 5.73. The van der Waals surface area contributed by atoms with E-state index < -0.39 is 0 Å². The third-order valence-electron chi connectivity index (χ3n) is 3.89. The smallest absolute Gasteiger partial charge is 0.251 e. The van der Waals surface area contributed by atoms with E-state index in [0.29, 0.717) is 5.56 Å². The lowest BCUT2D eigenvalue weighted by Gasteiger charge is -2.19. The molecule has 0 spiro atoms. The van der Waals surface area contributed by atoms with Gasteiger partial charge >= 0.3 is 0 Å². The van der Waals surface area contributed by atoms with E-state index in [1.807, 2.05) is 48.5 Å². The lowest BCUT2D eigenvalue weighted by Crippen LogP contribution is -2.36. The minimum Gasteiger partial charge on any atom is -0.497 e. The van der Waals surface area contributed by atoms with E-state index in [9.17, 15) is 4.79 Å². The summed E-state index contributed by atoms with van der Waals surface area (Å²) >= 11 is 0. The van der Waals surface area contributed by atoms with Crippen LogP contribution in [0.25, 0.3) is 0 Å². The molecule has 0 radical (unpaired) electrons. The molecule has 0 aliphatic rings. The first-order valence-electron chi connectivity index (χ1n) is 8.21. The largest absolute Gasteiger partial charge is 0.497 e. The zero-order chi connectivity index (χ0) is 16.5. The zero-order valence-electron chi connectivity index (χ0n) is 13.9. The topological polar surface area (TPSA) is 38.3 Å². The van der Waals surface area contributed by atoms with Crippen LogP contribution in [0.15, 0.2) is 54.6 Å². The van der Waals surface area contributed by atoms with Crippen molar-refractivity contribution in [1.82, 2.24) is 5.32 Å². The Morgan fingerprint density at radius 2 is 1.91 bits per heavy atom. The summed E-state index contributed by atoms with van der Waals surface area (Å²) in [6.45, 7) is 2.17. The Hall–Kier alpha value is -2.29. The van der Waals surface area contributed by atoms with Crippen LogP contribution in [0.3, 0.4) is 0 Å². The van der Waals surface area contributed by atoms with E-state index >= 15 is 0 Å². The normalized spacial score (nSPS) is 11.7. The van der Waals surface area contributed by atoms with Gasteiger partial charge in [-0.3, -0.25) is 4.79 Å². The molecule has 0 fully saturated rings. The average Bonchev–Trinajstić information content (AvgIpc) is 2.60. The van der Waals surface area contributed by atoms with Gasteiger partial charge in [0.05, 0.1) is 7.11 Å². The fourth-order valence-electron chi connectivity index (χ4n) is 2.62. The number of carbonyl (C=O) groups is 1. The van der Waals surface area contributed by atoms with Gasteiger partial charge in [0.15, 0.2) is 0 Å². The number of carbonyl (C=O) groups excluding carboxylic acids is 1. The number of benzene rings is 2. The second-order valence-corrected chi connectivity index (χ2v) is 5.73. The van der Waals surface area contributed by atoms with Crippen LogP contribution in [0, 0.1) is 0 Å². The standard InChI is InChI=1S/C20H25NO2/c1-3-4-12-18(14-16-9-8-13-19(15-16)23-2)21-20(22)17-10-6-5-7-11-17/h5-11,13,15,18H,3-4,12,14H2,1-2H3,(H,21,22)/t18-/m0/s1. The van der Waals surface area contributed by atoms with E-state index in [-0.39, 0.29) is 11.9 Å². The Morgan fingerprint density at radius 3 is 2.61 bits per heavy atom. The molecule has 1 amide bonds. The van der Waals surface area contributed by atoms with Gasteiger partial charge in [-0.2, -0.15) is 0 Å². The van der Waals surface area contributed by atoms with Gasteiger partial charge in [-0.05, 0) is 42.7 Å². The van der Waals surface area contributed by atoms with E-state index in [0.717, 1.165) is 31.4 Å². The molecule has 0 aliphatic heterocycles. The van der Waals surface area contributed by atoms with Crippen molar-refractivity contribution < 1.29 is 9.53 Å². The van der Waals surface area contributed by atoms with Crippen LogP contribution in [0.4, 0.5) is 0 Å². The number of hydrogen-bond acceptors (Lipinski definition) is 2. The number of unbranched alkanes of at least 4 members (excludes halogenated alkanes) is 1. The SMILES string of the molecule is CCCC[C@@H](Cc1cccc(OC)c1)NC(=O)c1ccccc1. The third-order valence-corrected chi connectivity index (χ3v) is 3.89. The molecule has 1 atom stereocenters. The summed E-state index contributed by atoms with van der Waals surface area (Å²) in [6, 6.07) is 17.6. The Bertz CT molecular complexity index is 610. The first-order valence-corrected chi connectivity index (χ1v) is 8.21. The van der Waals surface area contributed by atoms with Gasteiger partial charge in [-0.25, -0.2) is 0 Å². The first kappa shape index (κ1) is 17.1. The molecule has 2 aromatic carbocycles. The Labute approximate surface area is 138 Å². The maximum Gasteiger partial charge on any atom is 0.251 e. The molecule has 1 N–H and O–H groups in total. The molecule has 0 aromatic heterocycles. The minimum atomic E-state index is -0.00500. The lowest BCUT2D eigenvalue weighted by molar-refractivity contribution is 0.0934. The molecule has 3 heteroatoms. The van der Waals surface area contributed by atoms with Crippen LogP contribution >= 0.6 is 0 Å². The quantitative estimate of drug-likeness (QED) is 0.792. The van der Waals surface area contributed by atoms with Crippen LogP contribution < -0.4 is 10.1 Å². The monoisotopic (exact) mass is 311 g/mol. The molecule has 23 heavy (non-hydrogen) atoms. The number of ether oxygens (including phenoxy) is 1.